The van der Waals surface area contributed by atoms with E-state index in [1.54, 1.807) is 0 Å². The Morgan fingerprint density at radius 2 is 2.16 bits per heavy atom. The van der Waals surface area contributed by atoms with Crippen molar-refractivity contribution >= 4 is 17.7 Å². The number of hydrogen-bond acceptors (Lipinski definition) is 3. The highest BCUT2D eigenvalue weighted by atomic mass is 16.5. The highest BCUT2D eigenvalue weighted by molar-refractivity contribution is 5.73. The van der Waals surface area contributed by atoms with Crippen LogP contribution in [0.4, 0.5) is 5.69 Å². The molecule has 0 atom stereocenters. The Kier molecular flexibility index (Phi) is 5.01. The maximum atomic E-state index is 11.2. The van der Waals surface area contributed by atoms with Crippen LogP contribution in [0.3, 0.4) is 0 Å². The summed E-state index contributed by atoms with van der Waals surface area (Å²) in [5, 5.41) is 0. The molecule has 1 heterocycles. The Bertz CT molecular complexity index is 448. The van der Waals surface area contributed by atoms with Gasteiger partial charge in [0, 0.05) is 18.8 Å². The van der Waals surface area contributed by atoms with E-state index in [1.165, 1.54) is 18.5 Å². The van der Waals surface area contributed by atoms with Crippen molar-refractivity contribution < 1.29 is 9.53 Å². The zero-order chi connectivity index (χ0) is 13.5. The summed E-state index contributed by atoms with van der Waals surface area (Å²) in [6.45, 7) is 4.56. The summed E-state index contributed by atoms with van der Waals surface area (Å²) in [5.41, 5.74) is 2.41. The number of rotatable bonds is 5. The lowest BCUT2D eigenvalue weighted by Gasteiger charge is -2.17. The zero-order valence-corrected chi connectivity index (χ0v) is 11.5. The number of hydrogen-bond donors (Lipinski definition) is 0. The van der Waals surface area contributed by atoms with Crippen molar-refractivity contribution in [2.75, 3.05) is 24.6 Å². The average Bonchev–Trinajstić information content (AvgIpc) is 2.93. The van der Waals surface area contributed by atoms with Crippen LogP contribution >= 0.6 is 0 Å². The lowest BCUT2D eigenvalue weighted by molar-refractivity contribution is -0.142. The van der Waals surface area contributed by atoms with Gasteiger partial charge in [-0.2, -0.15) is 0 Å². The molecule has 102 valence electrons. The predicted molar refractivity (Wildman–Crippen MR) is 78.2 cm³/mol. The fraction of sp³-hybridized carbons (Fsp3) is 0.438. The molecule has 19 heavy (non-hydrogen) atoms. The first-order valence-corrected chi connectivity index (χ1v) is 6.97. The van der Waals surface area contributed by atoms with Gasteiger partial charge in [0.1, 0.15) is 0 Å². The van der Waals surface area contributed by atoms with Gasteiger partial charge in [0.05, 0.1) is 13.0 Å². The first-order valence-electron chi connectivity index (χ1n) is 6.97. The van der Waals surface area contributed by atoms with E-state index in [1.807, 2.05) is 19.1 Å². The quantitative estimate of drug-likeness (QED) is 0.760. The Balaban J connectivity index is 1.94. The van der Waals surface area contributed by atoms with E-state index in [9.17, 15) is 4.79 Å². The molecule has 1 saturated heterocycles. The molecule has 0 aromatic heterocycles. The standard InChI is InChI=1S/C16H21NO2/c1-2-19-16(18)10-6-8-14-7-5-9-15(13-14)17-11-3-4-12-17/h5-9,13H,2-4,10-12H2,1H3. The monoisotopic (exact) mass is 259 g/mol. The first kappa shape index (κ1) is 13.7. The van der Waals surface area contributed by atoms with Crippen molar-refractivity contribution in [3.8, 4) is 0 Å². The SMILES string of the molecule is CCOC(=O)CC=Cc1cccc(N2CCCC2)c1. The summed E-state index contributed by atoms with van der Waals surface area (Å²) in [5.74, 6) is -0.172. The molecule has 0 spiro atoms. The van der Waals surface area contributed by atoms with Gasteiger partial charge < -0.3 is 9.64 Å². The Morgan fingerprint density at radius 3 is 2.89 bits per heavy atom. The van der Waals surface area contributed by atoms with Crippen molar-refractivity contribution in [2.45, 2.75) is 26.2 Å². The molecule has 0 saturated carbocycles. The van der Waals surface area contributed by atoms with Crippen LogP contribution in [0, 0.1) is 0 Å². The molecule has 1 aliphatic rings. The molecule has 0 unspecified atom stereocenters. The summed E-state index contributed by atoms with van der Waals surface area (Å²) in [6, 6.07) is 8.44. The largest absolute Gasteiger partial charge is 0.466 e. The summed E-state index contributed by atoms with van der Waals surface area (Å²) < 4.78 is 4.89. The van der Waals surface area contributed by atoms with Gasteiger partial charge in [-0.15, -0.1) is 0 Å². The number of esters is 1. The number of carbonyl (C=O) groups is 1. The first-order chi connectivity index (χ1) is 9.29. The van der Waals surface area contributed by atoms with E-state index in [0.717, 1.165) is 18.7 Å². The molecule has 1 fully saturated rings. The van der Waals surface area contributed by atoms with Gasteiger partial charge in [-0.3, -0.25) is 4.79 Å². The second-order valence-corrected chi connectivity index (χ2v) is 4.70. The fourth-order valence-electron chi connectivity index (χ4n) is 2.31. The van der Waals surface area contributed by atoms with Gasteiger partial charge in [-0.1, -0.05) is 24.3 Å². The molecule has 0 N–H and O–H groups in total. The second kappa shape index (κ2) is 6.98. The molecule has 1 aliphatic heterocycles. The van der Waals surface area contributed by atoms with Crippen LogP contribution in [0.2, 0.25) is 0 Å². The molecule has 3 nitrogen and oxygen atoms in total. The van der Waals surface area contributed by atoms with E-state index in [4.69, 9.17) is 4.74 Å². The number of anilines is 1. The fourth-order valence-corrected chi connectivity index (χ4v) is 2.31. The summed E-state index contributed by atoms with van der Waals surface area (Å²) in [6.07, 6.45) is 6.74. The third-order valence-corrected chi connectivity index (χ3v) is 3.24. The highest BCUT2D eigenvalue weighted by Gasteiger charge is 2.11. The highest BCUT2D eigenvalue weighted by Crippen LogP contribution is 2.21. The molecule has 0 amide bonds. The maximum Gasteiger partial charge on any atom is 0.309 e. The Morgan fingerprint density at radius 1 is 1.37 bits per heavy atom. The lowest BCUT2D eigenvalue weighted by Crippen LogP contribution is -2.17. The van der Waals surface area contributed by atoms with Crippen molar-refractivity contribution in [1.29, 1.82) is 0 Å². The minimum absolute atomic E-state index is 0.172. The molecular formula is C16H21NO2. The van der Waals surface area contributed by atoms with Gasteiger partial charge in [0.2, 0.25) is 0 Å². The molecule has 1 aromatic rings. The van der Waals surface area contributed by atoms with Gasteiger partial charge in [0.15, 0.2) is 0 Å². The van der Waals surface area contributed by atoms with E-state index in [-0.39, 0.29) is 5.97 Å². The number of nitrogens with zero attached hydrogens (tertiary/aromatic N) is 1. The molecule has 3 heteroatoms. The number of carbonyl (C=O) groups excluding carboxylic acids is 1. The van der Waals surface area contributed by atoms with Gasteiger partial charge in [0.25, 0.3) is 0 Å². The van der Waals surface area contributed by atoms with Crippen molar-refractivity contribution in [1.82, 2.24) is 0 Å². The van der Waals surface area contributed by atoms with Crippen LogP contribution in [-0.2, 0) is 9.53 Å². The minimum Gasteiger partial charge on any atom is -0.466 e. The van der Waals surface area contributed by atoms with Crippen molar-refractivity contribution in [2.24, 2.45) is 0 Å². The Labute approximate surface area is 114 Å². The van der Waals surface area contributed by atoms with Crippen LogP contribution in [-0.4, -0.2) is 25.7 Å². The maximum absolute atomic E-state index is 11.2. The third-order valence-electron chi connectivity index (χ3n) is 3.24. The zero-order valence-electron chi connectivity index (χ0n) is 11.5. The van der Waals surface area contributed by atoms with E-state index in [2.05, 4.69) is 29.2 Å². The summed E-state index contributed by atoms with van der Waals surface area (Å²) >= 11 is 0. The smallest absolute Gasteiger partial charge is 0.309 e. The lowest BCUT2D eigenvalue weighted by atomic mass is 10.1. The average molecular weight is 259 g/mol. The molecule has 0 aliphatic carbocycles. The second-order valence-electron chi connectivity index (χ2n) is 4.70. The van der Waals surface area contributed by atoms with Crippen LogP contribution in [0.15, 0.2) is 30.3 Å². The summed E-state index contributed by atoms with van der Waals surface area (Å²) in [4.78, 5) is 13.6. The van der Waals surface area contributed by atoms with E-state index < -0.39 is 0 Å². The van der Waals surface area contributed by atoms with Crippen LogP contribution in [0.25, 0.3) is 6.08 Å². The van der Waals surface area contributed by atoms with Gasteiger partial charge in [-0.05, 0) is 37.5 Å². The molecule has 1 aromatic carbocycles. The van der Waals surface area contributed by atoms with Crippen LogP contribution < -0.4 is 4.90 Å². The van der Waals surface area contributed by atoms with Crippen molar-refractivity contribution in [3.05, 3.63) is 35.9 Å². The van der Waals surface area contributed by atoms with Crippen LogP contribution in [0.5, 0.6) is 0 Å². The van der Waals surface area contributed by atoms with E-state index >= 15 is 0 Å². The number of ether oxygens (including phenoxy) is 1. The van der Waals surface area contributed by atoms with Gasteiger partial charge in [-0.25, -0.2) is 0 Å². The Hall–Kier alpha value is -1.77. The normalized spacial score (nSPS) is 15.1. The van der Waals surface area contributed by atoms with Crippen LogP contribution in [0.1, 0.15) is 31.7 Å². The van der Waals surface area contributed by atoms with Crippen molar-refractivity contribution in [3.63, 3.8) is 0 Å². The third kappa shape index (κ3) is 4.12. The predicted octanol–water partition coefficient (Wildman–Crippen LogP) is 3.25. The summed E-state index contributed by atoms with van der Waals surface area (Å²) in [7, 11) is 0. The molecule has 2 rings (SSSR count). The molecular weight excluding hydrogens is 238 g/mol. The topological polar surface area (TPSA) is 29.5 Å². The number of benzene rings is 1. The molecule has 0 radical (unpaired) electrons. The molecule has 0 bridgehead atoms. The minimum atomic E-state index is -0.172. The van der Waals surface area contributed by atoms with Gasteiger partial charge >= 0.3 is 5.97 Å². The van der Waals surface area contributed by atoms with E-state index in [0.29, 0.717) is 13.0 Å².